The first-order valence-corrected chi connectivity index (χ1v) is 9.65. The van der Waals surface area contributed by atoms with Gasteiger partial charge in [-0.1, -0.05) is 17.8 Å². The molecule has 144 valence electrons. The molecule has 0 bridgehead atoms. The van der Waals surface area contributed by atoms with Crippen LogP contribution in [0.1, 0.15) is 6.92 Å². The lowest BCUT2D eigenvalue weighted by atomic mass is 10.3. The van der Waals surface area contributed by atoms with Gasteiger partial charge in [-0.2, -0.15) is 0 Å². The van der Waals surface area contributed by atoms with Gasteiger partial charge in [-0.25, -0.2) is 4.98 Å². The summed E-state index contributed by atoms with van der Waals surface area (Å²) in [6.45, 7) is 6.80. The fourth-order valence-corrected chi connectivity index (χ4v) is 3.17. The van der Waals surface area contributed by atoms with Crippen LogP contribution in [0, 0.1) is 0 Å². The van der Waals surface area contributed by atoms with Crippen LogP contribution in [-0.4, -0.2) is 43.0 Å². The minimum Gasteiger partial charge on any atom is -0.494 e. The molecule has 1 N–H and O–H groups in total. The highest BCUT2D eigenvalue weighted by Crippen LogP contribution is 2.23. The third-order valence-electron chi connectivity index (χ3n) is 3.60. The number of hydrogen-bond donors (Lipinski definition) is 1. The Labute approximate surface area is 167 Å². The normalized spacial score (nSPS) is 10.5. The molecule has 3 aromatic rings. The van der Waals surface area contributed by atoms with E-state index in [2.05, 4.69) is 32.1 Å². The first-order chi connectivity index (χ1) is 13.7. The fourth-order valence-electron chi connectivity index (χ4n) is 2.42. The van der Waals surface area contributed by atoms with Crippen LogP contribution >= 0.6 is 11.8 Å². The second-order valence-electron chi connectivity index (χ2n) is 5.59. The summed E-state index contributed by atoms with van der Waals surface area (Å²) in [6, 6.07) is 7.25. The summed E-state index contributed by atoms with van der Waals surface area (Å²) in [6.07, 6.45) is 6.56. The van der Waals surface area contributed by atoms with Gasteiger partial charge in [0.2, 0.25) is 5.91 Å². The van der Waals surface area contributed by atoms with Gasteiger partial charge in [0.1, 0.15) is 11.4 Å². The van der Waals surface area contributed by atoms with Crippen molar-refractivity contribution in [3.05, 3.63) is 55.5 Å². The molecule has 3 rings (SSSR count). The Morgan fingerprint density at radius 3 is 2.79 bits per heavy atom. The summed E-state index contributed by atoms with van der Waals surface area (Å²) in [5, 5.41) is 11.8. The molecule has 0 fully saturated rings. The average molecular weight is 396 g/mol. The first-order valence-electron chi connectivity index (χ1n) is 8.67. The van der Waals surface area contributed by atoms with Crippen LogP contribution in [0.2, 0.25) is 0 Å². The smallest absolute Gasteiger partial charge is 0.234 e. The number of amides is 1. The summed E-state index contributed by atoms with van der Waals surface area (Å²) < 4.78 is 7.25. The van der Waals surface area contributed by atoms with Gasteiger partial charge < -0.3 is 10.1 Å². The van der Waals surface area contributed by atoms with Crippen molar-refractivity contribution in [2.45, 2.75) is 18.6 Å². The van der Waals surface area contributed by atoms with E-state index in [4.69, 9.17) is 4.74 Å². The number of nitrogens with one attached hydrogen (secondary N) is 1. The number of carbonyl (C=O) groups excluding carboxylic acids is 1. The van der Waals surface area contributed by atoms with Gasteiger partial charge in [0, 0.05) is 24.6 Å². The quantitative estimate of drug-likeness (QED) is 0.439. The van der Waals surface area contributed by atoms with E-state index < -0.39 is 0 Å². The fraction of sp³-hybridized carbons (Fsp3) is 0.211. The highest BCUT2D eigenvalue weighted by molar-refractivity contribution is 7.99. The maximum atomic E-state index is 12.3. The van der Waals surface area contributed by atoms with E-state index in [1.54, 1.807) is 36.8 Å². The van der Waals surface area contributed by atoms with E-state index in [9.17, 15) is 4.79 Å². The minimum atomic E-state index is -0.136. The number of anilines is 1. The predicted octanol–water partition coefficient (Wildman–Crippen LogP) is 3.05. The molecule has 9 heteroatoms. The zero-order chi connectivity index (χ0) is 19.8. The van der Waals surface area contributed by atoms with Crippen molar-refractivity contribution in [2.24, 2.45) is 0 Å². The standard InChI is InChI=1S/C19H20N6O2S/c1-3-11-25-18(16-12-20-9-10-21-16)23-24-19(25)28-13-17(26)22-14-5-7-15(8-6-14)27-4-2/h3,5-10,12H,1,4,11,13H2,2H3,(H,22,26). The monoisotopic (exact) mass is 396 g/mol. The molecule has 1 amide bonds. The molecule has 0 aliphatic carbocycles. The summed E-state index contributed by atoms with van der Waals surface area (Å²) in [5.74, 6) is 1.41. The lowest BCUT2D eigenvalue weighted by Gasteiger charge is -2.08. The lowest BCUT2D eigenvalue weighted by Crippen LogP contribution is -2.14. The van der Waals surface area contributed by atoms with E-state index in [0.29, 0.717) is 35.5 Å². The molecule has 0 saturated carbocycles. The van der Waals surface area contributed by atoms with Gasteiger partial charge >= 0.3 is 0 Å². The Morgan fingerprint density at radius 2 is 2.11 bits per heavy atom. The number of carbonyl (C=O) groups is 1. The van der Waals surface area contributed by atoms with E-state index in [1.165, 1.54) is 11.8 Å². The van der Waals surface area contributed by atoms with Gasteiger partial charge in [0.05, 0.1) is 18.6 Å². The summed E-state index contributed by atoms with van der Waals surface area (Å²) >= 11 is 1.30. The minimum absolute atomic E-state index is 0.136. The molecule has 0 radical (unpaired) electrons. The van der Waals surface area contributed by atoms with Crippen LogP contribution in [0.25, 0.3) is 11.5 Å². The molecule has 1 aromatic carbocycles. The molecule has 0 saturated heterocycles. The Balaban J connectivity index is 1.64. The number of rotatable bonds is 9. The largest absolute Gasteiger partial charge is 0.494 e. The van der Waals surface area contributed by atoms with Gasteiger partial charge in [-0.15, -0.1) is 16.8 Å². The highest BCUT2D eigenvalue weighted by atomic mass is 32.2. The van der Waals surface area contributed by atoms with Crippen molar-refractivity contribution in [2.75, 3.05) is 17.7 Å². The van der Waals surface area contributed by atoms with Crippen molar-refractivity contribution in [1.29, 1.82) is 0 Å². The first kappa shape index (κ1) is 19.6. The van der Waals surface area contributed by atoms with Gasteiger partial charge in [-0.05, 0) is 31.2 Å². The molecule has 0 spiro atoms. The van der Waals surface area contributed by atoms with Crippen molar-refractivity contribution in [1.82, 2.24) is 24.7 Å². The predicted molar refractivity (Wildman–Crippen MR) is 108 cm³/mol. The second-order valence-corrected chi connectivity index (χ2v) is 6.53. The van der Waals surface area contributed by atoms with Crippen molar-refractivity contribution in [3.63, 3.8) is 0 Å². The molecule has 2 heterocycles. The van der Waals surface area contributed by atoms with Crippen LogP contribution in [-0.2, 0) is 11.3 Å². The third kappa shape index (κ3) is 4.95. The number of benzene rings is 1. The van der Waals surface area contributed by atoms with E-state index in [-0.39, 0.29) is 11.7 Å². The number of aromatic nitrogens is 5. The zero-order valence-electron chi connectivity index (χ0n) is 15.4. The number of thioether (sulfide) groups is 1. The molecule has 0 aliphatic heterocycles. The Morgan fingerprint density at radius 1 is 1.29 bits per heavy atom. The zero-order valence-corrected chi connectivity index (χ0v) is 16.2. The van der Waals surface area contributed by atoms with E-state index >= 15 is 0 Å². The number of allylic oxidation sites excluding steroid dienone is 1. The van der Waals surface area contributed by atoms with Crippen molar-refractivity contribution >= 4 is 23.4 Å². The van der Waals surface area contributed by atoms with Crippen molar-refractivity contribution in [3.8, 4) is 17.3 Å². The molecule has 0 unspecified atom stereocenters. The summed E-state index contributed by atoms with van der Waals surface area (Å²) in [4.78, 5) is 20.6. The molecule has 0 aliphatic rings. The average Bonchev–Trinajstić information content (AvgIpc) is 3.12. The number of hydrogen-bond acceptors (Lipinski definition) is 7. The van der Waals surface area contributed by atoms with E-state index in [1.807, 2.05) is 23.6 Å². The molecular weight excluding hydrogens is 376 g/mol. The van der Waals surface area contributed by atoms with Gasteiger partial charge in [0.15, 0.2) is 11.0 Å². The Kier molecular flexibility index (Phi) is 6.74. The maximum Gasteiger partial charge on any atom is 0.234 e. The number of nitrogens with zero attached hydrogens (tertiary/aromatic N) is 5. The third-order valence-corrected chi connectivity index (χ3v) is 4.57. The molecule has 8 nitrogen and oxygen atoms in total. The molecule has 0 atom stereocenters. The molecule has 28 heavy (non-hydrogen) atoms. The Hall–Kier alpha value is -3.20. The van der Waals surface area contributed by atoms with Crippen LogP contribution in [0.4, 0.5) is 5.69 Å². The van der Waals surface area contributed by atoms with Crippen molar-refractivity contribution < 1.29 is 9.53 Å². The van der Waals surface area contributed by atoms with Crippen LogP contribution < -0.4 is 10.1 Å². The maximum absolute atomic E-state index is 12.3. The summed E-state index contributed by atoms with van der Waals surface area (Å²) in [5.41, 5.74) is 1.32. The molecular formula is C19H20N6O2S. The highest BCUT2D eigenvalue weighted by Gasteiger charge is 2.16. The van der Waals surface area contributed by atoms with Gasteiger partial charge in [0.25, 0.3) is 0 Å². The SMILES string of the molecule is C=CCn1c(SCC(=O)Nc2ccc(OCC)cc2)nnc1-c1cnccn1. The van der Waals surface area contributed by atoms with Crippen LogP contribution in [0.15, 0.2) is 60.7 Å². The second kappa shape index (κ2) is 9.65. The van der Waals surface area contributed by atoms with E-state index in [0.717, 1.165) is 5.75 Å². The topological polar surface area (TPSA) is 94.8 Å². The van der Waals surface area contributed by atoms with Crippen LogP contribution in [0.5, 0.6) is 5.75 Å². The molecule has 2 aromatic heterocycles. The lowest BCUT2D eigenvalue weighted by molar-refractivity contribution is -0.113. The number of ether oxygens (including phenoxy) is 1. The summed E-state index contributed by atoms with van der Waals surface area (Å²) in [7, 11) is 0. The van der Waals surface area contributed by atoms with Gasteiger partial charge in [-0.3, -0.25) is 14.3 Å². The van der Waals surface area contributed by atoms with Crippen LogP contribution in [0.3, 0.4) is 0 Å². The Bertz CT molecular complexity index is 927.